The lowest BCUT2D eigenvalue weighted by Crippen LogP contribution is -2.43. The van der Waals surface area contributed by atoms with E-state index in [-0.39, 0.29) is 29.8 Å². The van der Waals surface area contributed by atoms with E-state index in [1.54, 1.807) is 24.3 Å². The molecule has 0 atom stereocenters. The zero-order valence-electron chi connectivity index (χ0n) is 14.1. The van der Waals surface area contributed by atoms with Gasteiger partial charge in [0.1, 0.15) is 5.69 Å². The van der Waals surface area contributed by atoms with Crippen LogP contribution in [0.2, 0.25) is 0 Å². The van der Waals surface area contributed by atoms with Gasteiger partial charge in [-0.2, -0.15) is 5.10 Å². The van der Waals surface area contributed by atoms with Gasteiger partial charge in [-0.15, -0.1) is 0 Å². The number of aromatic nitrogens is 2. The maximum atomic E-state index is 12.6. The van der Waals surface area contributed by atoms with Gasteiger partial charge >= 0.3 is 0 Å². The number of fused-ring (bicyclic) bond motifs is 1. The molecule has 2 amide bonds. The summed E-state index contributed by atoms with van der Waals surface area (Å²) in [5.74, 6) is -0.677. The normalized spacial score (nSPS) is 13.5. The molecule has 1 N–H and O–H groups in total. The van der Waals surface area contributed by atoms with Crippen LogP contribution in [0.3, 0.4) is 0 Å². The van der Waals surface area contributed by atoms with E-state index in [0.717, 1.165) is 6.42 Å². The Morgan fingerprint density at radius 1 is 1.20 bits per heavy atom. The Kier molecular flexibility index (Phi) is 4.92. The van der Waals surface area contributed by atoms with Gasteiger partial charge < -0.3 is 10.2 Å². The van der Waals surface area contributed by atoms with Crippen LogP contribution in [0.25, 0.3) is 0 Å². The van der Waals surface area contributed by atoms with Crippen molar-refractivity contribution in [1.29, 1.82) is 0 Å². The van der Waals surface area contributed by atoms with Gasteiger partial charge in [0.25, 0.3) is 11.8 Å². The van der Waals surface area contributed by atoms with Crippen LogP contribution >= 0.6 is 0 Å². The second-order valence-electron chi connectivity index (χ2n) is 5.91. The summed E-state index contributed by atoms with van der Waals surface area (Å²) in [6.07, 6.45) is 0.827. The maximum absolute atomic E-state index is 12.6. The predicted molar refractivity (Wildman–Crippen MR) is 91.5 cm³/mol. The first-order valence-electron chi connectivity index (χ1n) is 8.33. The van der Waals surface area contributed by atoms with Gasteiger partial charge in [0.05, 0.1) is 13.1 Å². The van der Waals surface area contributed by atoms with Gasteiger partial charge in [-0.1, -0.05) is 37.3 Å². The molecule has 0 bridgehead atoms. The number of benzene rings is 1. The van der Waals surface area contributed by atoms with E-state index < -0.39 is 0 Å². The van der Waals surface area contributed by atoms with E-state index in [4.69, 9.17) is 0 Å². The van der Waals surface area contributed by atoms with Crippen LogP contribution < -0.4 is 5.32 Å². The smallest absolute Gasteiger partial charge is 0.272 e. The monoisotopic (exact) mass is 340 g/mol. The molecule has 0 spiro atoms. The van der Waals surface area contributed by atoms with Crippen LogP contribution in [0.5, 0.6) is 0 Å². The summed E-state index contributed by atoms with van der Waals surface area (Å²) in [7, 11) is 0. The van der Waals surface area contributed by atoms with Gasteiger partial charge in [0.2, 0.25) is 0 Å². The maximum Gasteiger partial charge on any atom is 0.272 e. The summed E-state index contributed by atoms with van der Waals surface area (Å²) in [4.78, 5) is 38.4. The van der Waals surface area contributed by atoms with Crippen molar-refractivity contribution in [2.45, 2.75) is 19.9 Å². The Morgan fingerprint density at radius 3 is 2.68 bits per heavy atom. The molecule has 2 aromatic rings. The quantitative estimate of drug-likeness (QED) is 0.805. The van der Waals surface area contributed by atoms with E-state index in [1.807, 2.05) is 13.0 Å². The highest BCUT2D eigenvalue weighted by Crippen LogP contribution is 2.15. The molecule has 0 saturated heterocycles. The topological polar surface area (TPSA) is 84.3 Å². The molecular weight excluding hydrogens is 320 g/mol. The molecular formula is C18H20N4O3. The fourth-order valence-electron chi connectivity index (χ4n) is 2.72. The highest BCUT2D eigenvalue weighted by atomic mass is 16.2. The lowest BCUT2D eigenvalue weighted by atomic mass is 10.1. The Hall–Kier alpha value is -2.96. The predicted octanol–water partition coefficient (Wildman–Crippen LogP) is 1.36. The van der Waals surface area contributed by atoms with Gasteiger partial charge in [-0.05, 0) is 6.42 Å². The van der Waals surface area contributed by atoms with E-state index >= 15 is 0 Å². The van der Waals surface area contributed by atoms with Crippen LogP contribution in [-0.4, -0.2) is 51.9 Å². The van der Waals surface area contributed by atoms with Crippen LogP contribution in [-0.2, 0) is 6.54 Å². The molecule has 2 heterocycles. The molecule has 0 fully saturated rings. The number of ketones is 1. The molecule has 0 saturated carbocycles. The van der Waals surface area contributed by atoms with Gasteiger partial charge in [-0.3, -0.25) is 19.1 Å². The van der Waals surface area contributed by atoms with Gasteiger partial charge in [-0.25, -0.2) is 0 Å². The second-order valence-corrected chi connectivity index (χ2v) is 5.91. The average molecular weight is 340 g/mol. The molecule has 0 radical (unpaired) electrons. The van der Waals surface area contributed by atoms with Gasteiger partial charge in [0.15, 0.2) is 11.5 Å². The number of amides is 2. The molecule has 25 heavy (non-hydrogen) atoms. The lowest BCUT2D eigenvalue weighted by molar-refractivity contribution is 0.0658. The number of hydrogen-bond acceptors (Lipinski definition) is 4. The highest BCUT2D eigenvalue weighted by molar-refractivity contribution is 6.03. The first-order valence-corrected chi connectivity index (χ1v) is 8.33. The third-order valence-electron chi connectivity index (χ3n) is 4.07. The minimum atomic E-state index is -0.288. The second kappa shape index (κ2) is 7.29. The summed E-state index contributed by atoms with van der Waals surface area (Å²) in [5, 5.41) is 6.94. The van der Waals surface area contributed by atoms with E-state index in [2.05, 4.69) is 10.4 Å². The third kappa shape index (κ3) is 3.60. The van der Waals surface area contributed by atoms with Crippen LogP contribution in [0, 0.1) is 0 Å². The fourth-order valence-corrected chi connectivity index (χ4v) is 2.72. The summed E-state index contributed by atoms with van der Waals surface area (Å²) in [6.45, 7) is 3.40. The molecule has 130 valence electrons. The number of rotatable bonds is 6. The number of carbonyl (C=O) groups excluding carboxylic acids is 3. The number of Topliss-reactive ketones (excluding diaryl/α,β-unsaturated/α-hetero) is 1. The molecule has 1 aromatic carbocycles. The van der Waals surface area contributed by atoms with Crippen LogP contribution in [0.4, 0.5) is 0 Å². The van der Waals surface area contributed by atoms with Crippen molar-refractivity contribution in [1.82, 2.24) is 20.0 Å². The number of carbonyl (C=O) groups is 3. The molecule has 3 rings (SSSR count). The average Bonchev–Trinajstić information content (AvgIpc) is 3.08. The first-order chi connectivity index (χ1) is 12.1. The number of nitrogens with zero attached hydrogens (tertiary/aromatic N) is 3. The van der Waals surface area contributed by atoms with Crippen molar-refractivity contribution in [3.05, 3.63) is 53.3 Å². The lowest BCUT2D eigenvalue weighted by Gasteiger charge is -2.26. The molecule has 1 aromatic heterocycles. The van der Waals surface area contributed by atoms with Gasteiger partial charge in [0, 0.05) is 24.7 Å². The standard InChI is InChI=1S/C18H20N4O3/c1-2-8-19-17(24)14-11-15-18(25)21(9-10-22(15)20-14)12-16(23)13-6-4-3-5-7-13/h3-7,11H,2,8-10,12H2,1H3,(H,19,24). The van der Waals surface area contributed by atoms with Crippen molar-refractivity contribution in [3.8, 4) is 0 Å². The summed E-state index contributed by atoms with van der Waals surface area (Å²) in [6, 6.07) is 10.4. The van der Waals surface area contributed by atoms with Crippen molar-refractivity contribution >= 4 is 17.6 Å². The number of nitrogens with one attached hydrogen (secondary N) is 1. The molecule has 7 nitrogen and oxygen atoms in total. The van der Waals surface area contributed by atoms with E-state index in [0.29, 0.717) is 30.9 Å². The van der Waals surface area contributed by atoms with Crippen LogP contribution in [0.1, 0.15) is 44.7 Å². The third-order valence-corrected chi connectivity index (χ3v) is 4.07. The Balaban J connectivity index is 1.72. The van der Waals surface area contributed by atoms with Crippen molar-refractivity contribution in [2.24, 2.45) is 0 Å². The largest absolute Gasteiger partial charge is 0.351 e. The zero-order chi connectivity index (χ0) is 17.8. The SMILES string of the molecule is CCCNC(=O)c1cc2n(n1)CCN(CC(=O)c1ccccc1)C2=O. The van der Waals surface area contributed by atoms with Crippen molar-refractivity contribution in [3.63, 3.8) is 0 Å². The van der Waals surface area contributed by atoms with Crippen molar-refractivity contribution < 1.29 is 14.4 Å². The molecule has 0 unspecified atom stereocenters. The van der Waals surface area contributed by atoms with Crippen molar-refractivity contribution in [2.75, 3.05) is 19.6 Å². The van der Waals surface area contributed by atoms with Crippen LogP contribution in [0.15, 0.2) is 36.4 Å². The summed E-state index contributed by atoms with van der Waals surface area (Å²) < 4.78 is 1.53. The number of hydrogen-bond donors (Lipinski definition) is 1. The summed E-state index contributed by atoms with van der Waals surface area (Å²) in [5.41, 5.74) is 1.15. The Morgan fingerprint density at radius 2 is 1.96 bits per heavy atom. The minimum absolute atomic E-state index is 0.0192. The molecule has 1 aliphatic heterocycles. The molecule has 0 aliphatic carbocycles. The molecule has 1 aliphatic rings. The van der Waals surface area contributed by atoms with E-state index in [1.165, 1.54) is 15.6 Å². The Bertz CT molecular complexity index is 798. The van der Waals surface area contributed by atoms with E-state index in [9.17, 15) is 14.4 Å². The highest BCUT2D eigenvalue weighted by Gasteiger charge is 2.29. The first kappa shape index (κ1) is 16.9. The Labute approximate surface area is 145 Å². The summed E-state index contributed by atoms with van der Waals surface area (Å²) >= 11 is 0. The molecule has 7 heteroatoms. The fraction of sp³-hybridized carbons (Fsp3) is 0.333. The minimum Gasteiger partial charge on any atom is -0.351 e. The zero-order valence-corrected chi connectivity index (χ0v) is 14.1.